The lowest BCUT2D eigenvalue weighted by molar-refractivity contribution is -0.125. The molecule has 0 bridgehead atoms. The Hall–Kier alpha value is -0.920. The lowest BCUT2D eigenvalue weighted by Gasteiger charge is -2.28. The van der Waals surface area contributed by atoms with Crippen molar-refractivity contribution in [3.8, 4) is 0 Å². The van der Waals surface area contributed by atoms with E-state index < -0.39 is 0 Å². The molecule has 0 saturated heterocycles. The fourth-order valence-corrected chi connectivity index (χ4v) is 2.08. The fraction of sp³-hybridized carbons (Fsp3) is 0.667. The summed E-state index contributed by atoms with van der Waals surface area (Å²) in [5.41, 5.74) is 1.02. The monoisotopic (exact) mass is 194 g/mol. The normalized spacial score (nSPS) is 27.4. The van der Waals surface area contributed by atoms with Gasteiger partial charge in [0.05, 0.1) is 0 Å². The highest BCUT2D eigenvalue weighted by Crippen LogP contribution is 2.33. The number of allylic oxidation sites excluding steroid dienone is 1. The Kier molecular flexibility index (Phi) is 3.62. The molecule has 0 aliphatic heterocycles. The molecule has 14 heavy (non-hydrogen) atoms. The van der Waals surface area contributed by atoms with Crippen molar-refractivity contribution in [1.82, 2.24) is 0 Å². The molecular weight excluding hydrogens is 176 g/mol. The van der Waals surface area contributed by atoms with Gasteiger partial charge in [-0.05, 0) is 26.2 Å². The molecule has 0 radical (unpaired) electrons. The third-order valence-corrected chi connectivity index (χ3v) is 3.14. The second-order valence-electron chi connectivity index (χ2n) is 4.11. The molecule has 0 N–H and O–H groups in total. The Labute approximate surface area is 85.4 Å². The van der Waals surface area contributed by atoms with Gasteiger partial charge in [0.2, 0.25) is 0 Å². The van der Waals surface area contributed by atoms with E-state index >= 15 is 0 Å². The Bertz CT molecular complexity index is 257. The van der Waals surface area contributed by atoms with Crippen molar-refractivity contribution < 1.29 is 9.59 Å². The maximum Gasteiger partial charge on any atom is 0.139 e. The second-order valence-corrected chi connectivity index (χ2v) is 4.11. The first-order chi connectivity index (χ1) is 6.56. The van der Waals surface area contributed by atoms with Gasteiger partial charge in [-0.3, -0.25) is 9.59 Å². The van der Waals surface area contributed by atoms with Crippen LogP contribution in [0.1, 0.15) is 39.5 Å². The topological polar surface area (TPSA) is 34.1 Å². The minimum atomic E-state index is -0.0531. The molecule has 78 valence electrons. The van der Waals surface area contributed by atoms with E-state index in [0.717, 1.165) is 18.4 Å². The van der Waals surface area contributed by atoms with E-state index in [1.165, 1.54) is 0 Å². The van der Waals surface area contributed by atoms with Crippen LogP contribution in [0.15, 0.2) is 12.2 Å². The summed E-state index contributed by atoms with van der Waals surface area (Å²) in [4.78, 5) is 22.8. The molecule has 2 nitrogen and oxygen atoms in total. The van der Waals surface area contributed by atoms with Crippen LogP contribution in [-0.2, 0) is 9.59 Å². The third kappa shape index (κ3) is 2.31. The lowest BCUT2D eigenvalue weighted by Crippen LogP contribution is -2.27. The highest BCUT2D eigenvalue weighted by molar-refractivity contribution is 5.85. The molecule has 1 rings (SSSR count). The quantitative estimate of drug-likeness (QED) is 0.647. The highest BCUT2D eigenvalue weighted by Gasteiger charge is 2.30. The smallest absolute Gasteiger partial charge is 0.139 e. The third-order valence-electron chi connectivity index (χ3n) is 3.14. The summed E-state index contributed by atoms with van der Waals surface area (Å²) in [5.74, 6) is 0.482. The van der Waals surface area contributed by atoms with Crippen LogP contribution in [0.25, 0.3) is 0 Å². The molecule has 0 amide bonds. The average Bonchev–Trinajstić information content (AvgIpc) is 2.17. The first-order valence-electron chi connectivity index (χ1n) is 5.27. The number of Topliss-reactive ketones (excluding diaryl/α,β-unsaturated/α-hetero) is 2. The van der Waals surface area contributed by atoms with Crippen molar-refractivity contribution in [1.29, 1.82) is 0 Å². The van der Waals surface area contributed by atoms with Crippen molar-refractivity contribution in [2.75, 3.05) is 0 Å². The summed E-state index contributed by atoms with van der Waals surface area (Å²) >= 11 is 0. The first kappa shape index (κ1) is 11.2. The second kappa shape index (κ2) is 4.54. The molecule has 0 aromatic carbocycles. The van der Waals surface area contributed by atoms with Crippen LogP contribution in [0.3, 0.4) is 0 Å². The van der Waals surface area contributed by atoms with Gasteiger partial charge in [-0.15, -0.1) is 0 Å². The Morgan fingerprint density at radius 3 is 2.64 bits per heavy atom. The Morgan fingerprint density at radius 2 is 2.14 bits per heavy atom. The predicted molar refractivity (Wildman–Crippen MR) is 56.0 cm³/mol. The van der Waals surface area contributed by atoms with E-state index in [2.05, 4.69) is 6.58 Å². The van der Waals surface area contributed by atoms with Gasteiger partial charge in [-0.1, -0.05) is 19.1 Å². The first-order valence-corrected chi connectivity index (χ1v) is 5.27. The maximum absolute atomic E-state index is 11.6. The Morgan fingerprint density at radius 1 is 1.50 bits per heavy atom. The molecule has 0 spiro atoms. The van der Waals surface area contributed by atoms with Crippen LogP contribution in [0.2, 0.25) is 0 Å². The van der Waals surface area contributed by atoms with Gasteiger partial charge in [0.1, 0.15) is 11.6 Å². The Balaban J connectivity index is 2.69. The van der Waals surface area contributed by atoms with E-state index in [-0.39, 0.29) is 23.4 Å². The molecule has 0 unspecified atom stereocenters. The van der Waals surface area contributed by atoms with Crippen LogP contribution >= 0.6 is 0 Å². The zero-order chi connectivity index (χ0) is 10.7. The van der Waals surface area contributed by atoms with E-state index in [1.54, 1.807) is 6.92 Å². The summed E-state index contributed by atoms with van der Waals surface area (Å²) in [6.07, 6.45) is 2.96. The summed E-state index contributed by atoms with van der Waals surface area (Å²) in [6, 6.07) is 0. The van der Waals surface area contributed by atoms with Gasteiger partial charge in [-0.2, -0.15) is 0 Å². The molecule has 0 heterocycles. The van der Waals surface area contributed by atoms with Crippen LogP contribution < -0.4 is 0 Å². The van der Waals surface area contributed by atoms with Crippen molar-refractivity contribution in [2.45, 2.75) is 39.5 Å². The van der Waals surface area contributed by atoms with Gasteiger partial charge in [0.25, 0.3) is 0 Å². The highest BCUT2D eigenvalue weighted by atomic mass is 16.1. The van der Waals surface area contributed by atoms with Crippen molar-refractivity contribution >= 4 is 11.6 Å². The average molecular weight is 194 g/mol. The number of carbonyl (C=O) groups excluding carboxylic acids is 2. The molecule has 2 heteroatoms. The van der Waals surface area contributed by atoms with Crippen LogP contribution in [0.4, 0.5) is 0 Å². The van der Waals surface area contributed by atoms with Gasteiger partial charge in [-0.25, -0.2) is 0 Å². The molecule has 1 saturated carbocycles. The molecular formula is C12H18O2. The molecule has 2 atom stereocenters. The van der Waals surface area contributed by atoms with E-state index in [9.17, 15) is 9.59 Å². The number of hydrogen-bond donors (Lipinski definition) is 0. The standard InChI is InChI=1S/C12H18O2/c1-4-12(14)11-7-10(9(3)13)6-5-8(11)2/h10-11H,2,4-7H2,1,3H3/t10-,11-/m1/s1. The van der Waals surface area contributed by atoms with E-state index in [0.29, 0.717) is 12.8 Å². The van der Waals surface area contributed by atoms with E-state index in [4.69, 9.17) is 0 Å². The van der Waals surface area contributed by atoms with Gasteiger partial charge in [0, 0.05) is 18.3 Å². The fourth-order valence-electron chi connectivity index (χ4n) is 2.08. The van der Waals surface area contributed by atoms with Gasteiger partial charge >= 0.3 is 0 Å². The molecule has 0 aromatic heterocycles. The van der Waals surface area contributed by atoms with Crippen molar-refractivity contribution in [3.05, 3.63) is 12.2 Å². The largest absolute Gasteiger partial charge is 0.300 e. The van der Waals surface area contributed by atoms with Gasteiger partial charge in [0.15, 0.2) is 0 Å². The van der Waals surface area contributed by atoms with Crippen LogP contribution in [0, 0.1) is 11.8 Å². The van der Waals surface area contributed by atoms with E-state index in [1.807, 2.05) is 6.92 Å². The minimum Gasteiger partial charge on any atom is -0.300 e. The van der Waals surface area contributed by atoms with Crippen molar-refractivity contribution in [3.63, 3.8) is 0 Å². The number of carbonyl (C=O) groups is 2. The number of ketones is 2. The molecule has 0 aromatic rings. The molecule has 1 fully saturated rings. The summed E-state index contributed by atoms with van der Waals surface area (Å²) in [5, 5.41) is 0. The van der Waals surface area contributed by atoms with Gasteiger partial charge < -0.3 is 0 Å². The maximum atomic E-state index is 11.6. The number of rotatable bonds is 3. The molecule has 1 aliphatic rings. The van der Waals surface area contributed by atoms with Crippen LogP contribution in [0.5, 0.6) is 0 Å². The minimum absolute atomic E-state index is 0.0531. The summed E-state index contributed by atoms with van der Waals surface area (Å²) < 4.78 is 0. The zero-order valence-corrected chi connectivity index (χ0v) is 9.01. The summed E-state index contributed by atoms with van der Waals surface area (Å²) in [7, 11) is 0. The zero-order valence-electron chi connectivity index (χ0n) is 9.01. The number of hydrogen-bond acceptors (Lipinski definition) is 2. The van der Waals surface area contributed by atoms with Crippen molar-refractivity contribution in [2.24, 2.45) is 11.8 Å². The summed E-state index contributed by atoms with van der Waals surface area (Å²) in [6.45, 7) is 7.41. The molecule has 1 aliphatic carbocycles. The predicted octanol–water partition coefficient (Wildman–Crippen LogP) is 2.53. The van der Waals surface area contributed by atoms with Crippen LogP contribution in [-0.4, -0.2) is 11.6 Å². The SMILES string of the molecule is C=C1CC[C@@H](C(C)=O)C[C@H]1C(=O)CC. The lowest BCUT2D eigenvalue weighted by atomic mass is 9.75.